The van der Waals surface area contributed by atoms with E-state index in [-0.39, 0.29) is 24.5 Å². The number of benzene rings is 1. The van der Waals surface area contributed by atoms with Gasteiger partial charge in [0.1, 0.15) is 0 Å². The highest BCUT2D eigenvalue weighted by Crippen LogP contribution is 2.28. The van der Waals surface area contributed by atoms with E-state index in [2.05, 4.69) is 21.6 Å². The molecular weight excluding hydrogens is 326 g/mol. The summed E-state index contributed by atoms with van der Waals surface area (Å²) in [7, 11) is 6.04. The third-order valence-electron chi connectivity index (χ3n) is 5.74. The molecule has 0 saturated carbocycles. The zero-order valence-corrected chi connectivity index (χ0v) is 16.1. The predicted molar refractivity (Wildman–Crippen MR) is 104 cm³/mol. The van der Waals surface area contributed by atoms with E-state index in [0.717, 1.165) is 28.9 Å². The molecule has 1 saturated heterocycles. The van der Waals surface area contributed by atoms with E-state index in [0.29, 0.717) is 13.1 Å². The maximum atomic E-state index is 13.2. The van der Waals surface area contributed by atoms with Gasteiger partial charge >= 0.3 is 0 Å². The van der Waals surface area contributed by atoms with Crippen LogP contribution in [-0.4, -0.2) is 65.2 Å². The van der Waals surface area contributed by atoms with Crippen LogP contribution in [0, 0.1) is 12.8 Å². The summed E-state index contributed by atoms with van der Waals surface area (Å²) >= 11 is 0. The molecule has 140 valence electrons. The first-order chi connectivity index (χ1) is 12.4. The van der Waals surface area contributed by atoms with Crippen LogP contribution in [0.25, 0.3) is 11.3 Å². The number of carbonyl (C=O) groups excluding carboxylic acids is 1. The molecule has 2 aromatic rings. The second kappa shape index (κ2) is 7.64. The fourth-order valence-corrected chi connectivity index (χ4v) is 3.93. The Bertz CT molecular complexity index is 767. The summed E-state index contributed by atoms with van der Waals surface area (Å²) < 4.78 is 2.09. The van der Waals surface area contributed by atoms with Gasteiger partial charge in [0.25, 0.3) is 5.91 Å². The van der Waals surface area contributed by atoms with Crippen LogP contribution in [0.3, 0.4) is 0 Å². The predicted octanol–water partition coefficient (Wildman–Crippen LogP) is 2.39. The second-order valence-electron chi connectivity index (χ2n) is 7.47. The Kier molecular flexibility index (Phi) is 5.49. The number of nitrogens with zero attached hydrogens (tertiary/aromatic N) is 3. The lowest BCUT2D eigenvalue weighted by atomic mass is 9.91. The maximum absolute atomic E-state index is 13.2. The number of piperidine rings is 1. The molecule has 26 heavy (non-hydrogen) atoms. The first-order valence-electron chi connectivity index (χ1n) is 9.22. The van der Waals surface area contributed by atoms with Crippen LogP contribution >= 0.6 is 0 Å². The summed E-state index contributed by atoms with van der Waals surface area (Å²) in [5, 5.41) is 9.63. The average Bonchev–Trinajstić information content (AvgIpc) is 2.96. The summed E-state index contributed by atoms with van der Waals surface area (Å²) in [5.74, 6) is 0.314. The van der Waals surface area contributed by atoms with Crippen molar-refractivity contribution in [1.82, 2.24) is 14.4 Å². The highest BCUT2D eigenvalue weighted by molar-refractivity contribution is 5.97. The van der Waals surface area contributed by atoms with E-state index in [9.17, 15) is 9.90 Å². The molecule has 1 aliphatic heterocycles. The highest BCUT2D eigenvalue weighted by Gasteiger charge is 2.33. The maximum Gasteiger partial charge on any atom is 0.255 e. The molecule has 1 amide bonds. The third kappa shape index (κ3) is 3.41. The van der Waals surface area contributed by atoms with Crippen molar-refractivity contribution in [2.75, 3.05) is 33.8 Å². The van der Waals surface area contributed by atoms with Crippen LogP contribution < -0.4 is 0 Å². The van der Waals surface area contributed by atoms with E-state index in [1.165, 1.54) is 0 Å². The Hall–Kier alpha value is -2.11. The molecule has 5 heteroatoms. The molecule has 1 aromatic carbocycles. The number of rotatable bonds is 4. The van der Waals surface area contributed by atoms with Crippen molar-refractivity contribution in [2.45, 2.75) is 19.4 Å². The number of amides is 1. The zero-order valence-electron chi connectivity index (χ0n) is 16.1. The Morgan fingerprint density at radius 3 is 2.58 bits per heavy atom. The van der Waals surface area contributed by atoms with E-state index in [1.54, 1.807) is 0 Å². The quantitative estimate of drug-likeness (QED) is 0.916. The van der Waals surface area contributed by atoms with Crippen LogP contribution in [-0.2, 0) is 7.05 Å². The van der Waals surface area contributed by atoms with Gasteiger partial charge in [0, 0.05) is 50.1 Å². The van der Waals surface area contributed by atoms with Gasteiger partial charge in [0.15, 0.2) is 0 Å². The molecule has 0 aliphatic carbocycles. The van der Waals surface area contributed by atoms with Gasteiger partial charge in [-0.15, -0.1) is 0 Å². The molecule has 5 nitrogen and oxygen atoms in total. The SMILES string of the molecule is Cc1c(C(=O)N2CC[C@H](CO)[C@H](N(C)C)C2)cc(-c2ccccc2)n1C. The van der Waals surface area contributed by atoms with Gasteiger partial charge in [-0.25, -0.2) is 0 Å². The Balaban J connectivity index is 1.87. The second-order valence-corrected chi connectivity index (χ2v) is 7.47. The van der Waals surface area contributed by atoms with Crippen LogP contribution in [0.4, 0.5) is 0 Å². The number of hydrogen-bond donors (Lipinski definition) is 1. The van der Waals surface area contributed by atoms with Gasteiger partial charge in [-0.3, -0.25) is 4.79 Å². The van der Waals surface area contributed by atoms with Gasteiger partial charge in [-0.1, -0.05) is 30.3 Å². The summed E-state index contributed by atoms with van der Waals surface area (Å²) in [6.45, 7) is 3.53. The minimum Gasteiger partial charge on any atom is -0.396 e. The van der Waals surface area contributed by atoms with Crippen molar-refractivity contribution < 1.29 is 9.90 Å². The molecule has 0 spiro atoms. The lowest BCUT2D eigenvalue weighted by Crippen LogP contribution is -2.53. The Labute approximate surface area is 155 Å². The van der Waals surface area contributed by atoms with Gasteiger partial charge in [-0.2, -0.15) is 0 Å². The number of aliphatic hydroxyl groups excluding tert-OH is 1. The molecule has 0 bridgehead atoms. The van der Waals surface area contributed by atoms with Crippen molar-refractivity contribution >= 4 is 5.91 Å². The standard InChI is InChI=1S/C21H29N3O2/c1-15-18(12-19(23(15)4)16-8-6-5-7-9-16)21(26)24-11-10-17(14-25)20(13-24)22(2)3/h5-9,12,17,20,25H,10-11,13-14H2,1-4H3/t17-,20-/m1/s1. The van der Waals surface area contributed by atoms with Crippen molar-refractivity contribution in [3.63, 3.8) is 0 Å². The number of hydrogen-bond acceptors (Lipinski definition) is 3. The molecule has 2 heterocycles. The first kappa shape index (κ1) is 18.7. The van der Waals surface area contributed by atoms with Crippen molar-refractivity contribution in [2.24, 2.45) is 13.0 Å². The number of aromatic nitrogens is 1. The minimum atomic E-state index is 0.0866. The third-order valence-corrected chi connectivity index (χ3v) is 5.74. The van der Waals surface area contributed by atoms with Crippen LogP contribution in [0.5, 0.6) is 0 Å². The number of likely N-dealkylation sites (N-methyl/N-ethyl adjacent to an activating group) is 1. The molecule has 0 unspecified atom stereocenters. The smallest absolute Gasteiger partial charge is 0.255 e. The highest BCUT2D eigenvalue weighted by atomic mass is 16.3. The fraction of sp³-hybridized carbons (Fsp3) is 0.476. The molecule has 2 atom stereocenters. The minimum absolute atomic E-state index is 0.0866. The first-order valence-corrected chi connectivity index (χ1v) is 9.22. The van der Waals surface area contributed by atoms with Crippen molar-refractivity contribution in [1.29, 1.82) is 0 Å². The zero-order chi connectivity index (χ0) is 18.8. The van der Waals surface area contributed by atoms with E-state index < -0.39 is 0 Å². The number of likely N-dealkylation sites (tertiary alicyclic amines) is 1. The topological polar surface area (TPSA) is 48.7 Å². The van der Waals surface area contributed by atoms with E-state index >= 15 is 0 Å². The molecule has 1 fully saturated rings. The Morgan fingerprint density at radius 1 is 1.27 bits per heavy atom. The van der Waals surface area contributed by atoms with Crippen molar-refractivity contribution in [3.8, 4) is 11.3 Å². The normalized spacial score (nSPS) is 20.6. The molecular formula is C21H29N3O2. The van der Waals surface area contributed by atoms with Crippen LogP contribution in [0.1, 0.15) is 22.5 Å². The largest absolute Gasteiger partial charge is 0.396 e. The molecule has 0 radical (unpaired) electrons. The molecule has 1 aromatic heterocycles. The van der Waals surface area contributed by atoms with Gasteiger partial charge < -0.3 is 19.5 Å². The van der Waals surface area contributed by atoms with Crippen molar-refractivity contribution in [3.05, 3.63) is 47.7 Å². The van der Waals surface area contributed by atoms with Gasteiger partial charge in [0.2, 0.25) is 0 Å². The number of aliphatic hydroxyl groups is 1. The number of carbonyl (C=O) groups is 1. The Morgan fingerprint density at radius 2 is 1.96 bits per heavy atom. The summed E-state index contributed by atoms with van der Waals surface area (Å²) in [4.78, 5) is 17.3. The summed E-state index contributed by atoms with van der Waals surface area (Å²) in [6, 6.07) is 12.4. The van der Waals surface area contributed by atoms with Crippen LogP contribution in [0.15, 0.2) is 36.4 Å². The molecule has 3 rings (SSSR count). The van der Waals surface area contributed by atoms with Crippen LogP contribution in [0.2, 0.25) is 0 Å². The summed E-state index contributed by atoms with van der Waals surface area (Å²) in [5.41, 5.74) is 3.93. The van der Waals surface area contributed by atoms with E-state index in [1.807, 2.05) is 57.2 Å². The fourth-order valence-electron chi connectivity index (χ4n) is 3.93. The molecule has 1 N–H and O–H groups in total. The lowest BCUT2D eigenvalue weighted by molar-refractivity contribution is 0.0379. The average molecular weight is 355 g/mol. The lowest BCUT2D eigenvalue weighted by Gasteiger charge is -2.41. The monoisotopic (exact) mass is 355 g/mol. The summed E-state index contributed by atoms with van der Waals surface area (Å²) in [6.07, 6.45) is 0.836. The van der Waals surface area contributed by atoms with Gasteiger partial charge in [-0.05, 0) is 39.1 Å². The molecule has 1 aliphatic rings. The van der Waals surface area contributed by atoms with E-state index in [4.69, 9.17) is 0 Å². The van der Waals surface area contributed by atoms with Gasteiger partial charge in [0.05, 0.1) is 5.56 Å².